The molecule has 19 heavy (non-hydrogen) atoms. The Morgan fingerprint density at radius 3 is 2.47 bits per heavy atom. The molecule has 0 atom stereocenters. The van der Waals surface area contributed by atoms with Crippen molar-refractivity contribution in [2.24, 2.45) is 0 Å². The maximum atomic E-state index is 11.9. The zero-order valence-corrected chi connectivity index (χ0v) is 10.8. The molecule has 0 bridgehead atoms. The summed E-state index contributed by atoms with van der Waals surface area (Å²) in [5, 5.41) is 2.47. The molecule has 0 radical (unpaired) electrons. The summed E-state index contributed by atoms with van der Waals surface area (Å²) < 4.78 is 0. The van der Waals surface area contributed by atoms with E-state index < -0.39 is 11.9 Å². The second-order valence-electron chi connectivity index (χ2n) is 4.49. The van der Waals surface area contributed by atoms with Gasteiger partial charge in [0.15, 0.2) is 0 Å². The summed E-state index contributed by atoms with van der Waals surface area (Å²) in [6.07, 6.45) is 1.60. The molecule has 1 aromatic rings. The fourth-order valence-electron chi connectivity index (χ4n) is 1.77. The van der Waals surface area contributed by atoms with Crippen molar-refractivity contribution in [3.05, 3.63) is 41.1 Å². The first kappa shape index (κ1) is 13.0. The van der Waals surface area contributed by atoms with Crippen LogP contribution in [0.25, 0.3) is 6.08 Å². The number of carbonyl (C=O) groups is 3. The van der Waals surface area contributed by atoms with E-state index >= 15 is 0 Å². The fourth-order valence-corrected chi connectivity index (χ4v) is 1.77. The summed E-state index contributed by atoms with van der Waals surface area (Å²) in [6, 6.07) is 6.99. The minimum atomic E-state index is -0.557. The van der Waals surface area contributed by atoms with Crippen molar-refractivity contribution >= 4 is 23.8 Å². The van der Waals surface area contributed by atoms with Crippen LogP contribution in [0.1, 0.15) is 18.1 Å². The number of Topliss-reactive ketones (excluding diaryl/α,β-unsaturated/α-hetero) is 1. The van der Waals surface area contributed by atoms with E-state index in [9.17, 15) is 14.4 Å². The van der Waals surface area contributed by atoms with Crippen molar-refractivity contribution in [1.82, 2.24) is 10.2 Å². The van der Waals surface area contributed by atoms with E-state index in [1.807, 2.05) is 31.2 Å². The highest BCUT2D eigenvalue weighted by molar-refractivity contribution is 6.15. The Balaban J connectivity index is 2.23. The van der Waals surface area contributed by atoms with E-state index in [0.29, 0.717) is 0 Å². The highest BCUT2D eigenvalue weighted by atomic mass is 16.2. The van der Waals surface area contributed by atoms with Gasteiger partial charge < -0.3 is 5.32 Å². The topological polar surface area (TPSA) is 66.5 Å². The van der Waals surface area contributed by atoms with Crippen LogP contribution in [0.2, 0.25) is 0 Å². The van der Waals surface area contributed by atoms with E-state index in [2.05, 4.69) is 5.32 Å². The summed E-state index contributed by atoms with van der Waals surface area (Å²) in [6.45, 7) is 3.10. The summed E-state index contributed by atoms with van der Waals surface area (Å²) in [5.74, 6) is -0.708. The summed E-state index contributed by atoms with van der Waals surface area (Å²) in [4.78, 5) is 35.4. The molecule has 0 spiro atoms. The smallest absolute Gasteiger partial charge is 0.303 e. The zero-order valence-electron chi connectivity index (χ0n) is 10.8. The lowest BCUT2D eigenvalue weighted by Gasteiger charge is -2.07. The second-order valence-corrected chi connectivity index (χ2v) is 4.49. The van der Waals surface area contributed by atoms with Gasteiger partial charge in [-0.3, -0.25) is 14.5 Å². The van der Waals surface area contributed by atoms with Gasteiger partial charge in [-0.1, -0.05) is 29.8 Å². The van der Waals surface area contributed by atoms with Gasteiger partial charge in [0.25, 0.3) is 5.91 Å². The third kappa shape index (κ3) is 2.88. The van der Waals surface area contributed by atoms with Crippen molar-refractivity contribution in [2.45, 2.75) is 13.8 Å². The monoisotopic (exact) mass is 258 g/mol. The molecule has 1 saturated heterocycles. The van der Waals surface area contributed by atoms with E-state index in [0.717, 1.165) is 16.0 Å². The van der Waals surface area contributed by atoms with Crippen molar-refractivity contribution in [3.63, 3.8) is 0 Å². The minimum absolute atomic E-state index is 0.190. The maximum Gasteiger partial charge on any atom is 0.329 e. The molecule has 1 N–H and O–H groups in total. The van der Waals surface area contributed by atoms with Gasteiger partial charge in [-0.25, -0.2) is 4.79 Å². The Morgan fingerprint density at radius 1 is 1.26 bits per heavy atom. The highest BCUT2D eigenvalue weighted by Crippen LogP contribution is 2.14. The Kier molecular flexibility index (Phi) is 3.46. The quantitative estimate of drug-likeness (QED) is 0.659. The van der Waals surface area contributed by atoms with Gasteiger partial charge in [-0.15, -0.1) is 0 Å². The number of benzene rings is 1. The summed E-state index contributed by atoms with van der Waals surface area (Å²) in [7, 11) is 0. The van der Waals surface area contributed by atoms with Crippen molar-refractivity contribution in [1.29, 1.82) is 0 Å². The van der Waals surface area contributed by atoms with Crippen LogP contribution < -0.4 is 5.32 Å². The van der Waals surface area contributed by atoms with Gasteiger partial charge >= 0.3 is 6.03 Å². The molecule has 98 valence electrons. The summed E-state index contributed by atoms with van der Waals surface area (Å²) >= 11 is 0. The van der Waals surface area contributed by atoms with Crippen LogP contribution in [0.15, 0.2) is 30.0 Å². The molecular weight excluding hydrogens is 244 g/mol. The summed E-state index contributed by atoms with van der Waals surface area (Å²) in [5.41, 5.74) is 2.12. The van der Waals surface area contributed by atoms with Gasteiger partial charge in [-0.2, -0.15) is 0 Å². The number of nitrogens with zero attached hydrogens (tertiary/aromatic N) is 1. The molecule has 1 fully saturated rings. The van der Waals surface area contributed by atoms with Gasteiger partial charge in [-0.05, 0) is 25.5 Å². The number of rotatable bonds is 3. The molecule has 1 heterocycles. The largest absolute Gasteiger partial charge is 0.329 e. The average molecular weight is 258 g/mol. The van der Waals surface area contributed by atoms with Gasteiger partial charge in [0.2, 0.25) is 0 Å². The molecular formula is C14H14N2O3. The number of amides is 3. The number of ketones is 1. The van der Waals surface area contributed by atoms with Crippen LogP contribution in [0.4, 0.5) is 4.79 Å². The number of nitrogens with one attached hydrogen (secondary N) is 1. The number of aryl methyl sites for hydroxylation is 1. The molecule has 1 aliphatic rings. The number of urea groups is 1. The lowest BCUT2D eigenvalue weighted by atomic mass is 10.1. The van der Waals surface area contributed by atoms with Crippen molar-refractivity contribution < 1.29 is 14.4 Å². The Hall–Kier alpha value is -2.43. The van der Waals surface area contributed by atoms with E-state index in [1.165, 1.54) is 6.92 Å². The number of carbonyl (C=O) groups excluding carboxylic acids is 3. The molecule has 2 rings (SSSR count). The number of imide groups is 1. The second kappa shape index (κ2) is 5.06. The third-order valence-electron chi connectivity index (χ3n) is 2.73. The minimum Gasteiger partial charge on any atom is -0.303 e. The first-order valence-electron chi connectivity index (χ1n) is 5.88. The maximum absolute atomic E-state index is 11.9. The fraction of sp³-hybridized carbons (Fsp3) is 0.214. The predicted octanol–water partition coefficient (Wildman–Crippen LogP) is 1.48. The predicted molar refractivity (Wildman–Crippen MR) is 70.1 cm³/mol. The molecule has 1 aliphatic heterocycles. The van der Waals surface area contributed by atoms with Gasteiger partial charge in [0.05, 0.1) is 6.54 Å². The number of hydrogen-bond acceptors (Lipinski definition) is 3. The molecule has 1 aromatic carbocycles. The van der Waals surface area contributed by atoms with Crippen LogP contribution >= 0.6 is 0 Å². The first-order valence-corrected chi connectivity index (χ1v) is 5.88. The molecule has 5 heteroatoms. The highest BCUT2D eigenvalue weighted by Gasteiger charge is 2.33. The van der Waals surface area contributed by atoms with Crippen LogP contribution in [-0.4, -0.2) is 29.2 Å². The van der Waals surface area contributed by atoms with Crippen LogP contribution in [-0.2, 0) is 9.59 Å². The zero-order chi connectivity index (χ0) is 14.0. The Bertz CT molecular complexity index is 573. The van der Waals surface area contributed by atoms with Crippen molar-refractivity contribution in [3.8, 4) is 0 Å². The number of hydrogen-bond donors (Lipinski definition) is 1. The lowest BCUT2D eigenvalue weighted by Crippen LogP contribution is -2.34. The Morgan fingerprint density at radius 2 is 1.89 bits per heavy atom. The molecule has 0 aliphatic carbocycles. The molecule has 0 saturated carbocycles. The van der Waals surface area contributed by atoms with Crippen LogP contribution in [0, 0.1) is 6.92 Å². The van der Waals surface area contributed by atoms with Gasteiger partial charge in [0, 0.05) is 0 Å². The Labute approximate surface area is 110 Å². The first-order chi connectivity index (χ1) is 8.97. The van der Waals surface area contributed by atoms with Gasteiger partial charge in [0.1, 0.15) is 11.5 Å². The molecule has 3 amide bonds. The normalized spacial score (nSPS) is 16.9. The van der Waals surface area contributed by atoms with E-state index in [1.54, 1.807) is 6.08 Å². The molecule has 0 unspecified atom stereocenters. The van der Waals surface area contributed by atoms with E-state index in [-0.39, 0.29) is 18.0 Å². The van der Waals surface area contributed by atoms with Crippen LogP contribution in [0.5, 0.6) is 0 Å². The van der Waals surface area contributed by atoms with Crippen molar-refractivity contribution in [2.75, 3.05) is 6.54 Å². The van der Waals surface area contributed by atoms with E-state index in [4.69, 9.17) is 0 Å². The molecule has 0 aromatic heterocycles. The standard InChI is InChI=1S/C14H14N2O3/c1-9-3-5-11(6-4-9)7-12-13(18)16(8-10(2)17)14(19)15-12/h3-7H,8H2,1-2H3,(H,15,19)/b12-7-. The lowest BCUT2D eigenvalue weighted by molar-refractivity contribution is -0.127. The molecule has 5 nitrogen and oxygen atoms in total. The third-order valence-corrected chi connectivity index (χ3v) is 2.73. The SMILES string of the molecule is CC(=O)CN1C(=O)N/C(=C\c2ccc(C)cc2)C1=O. The average Bonchev–Trinajstić information content (AvgIpc) is 2.60. The van der Waals surface area contributed by atoms with Crippen LogP contribution in [0.3, 0.4) is 0 Å².